The van der Waals surface area contributed by atoms with Crippen LogP contribution in [0.4, 0.5) is 0 Å². The maximum atomic E-state index is 12.8. The van der Waals surface area contributed by atoms with Crippen molar-refractivity contribution in [2.45, 2.75) is 250 Å². The van der Waals surface area contributed by atoms with Gasteiger partial charge in [0.05, 0.1) is 6.61 Å². The molecule has 1 rings (SSSR count). The van der Waals surface area contributed by atoms with E-state index in [1.165, 1.54) is 116 Å². The lowest BCUT2D eigenvalue weighted by Crippen LogP contribution is -2.60. The van der Waals surface area contributed by atoms with E-state index in [4.69, 9.17) is 18.9 Å². The standard InChI is InChI=1S/C54H94O12S/c1-3-5-7-9-11-13-15-17-19-21-22-23-24-25-27-28-30-32-34-36-38-40-42-49(55)63-44-47(45-64-54-53(59)52(58)51(57)48(66-54)46-67(60,61)62)65-50(56)43-41-39-37-35-33-31-29-26-20-18-16-14-12-10-8-6-4-2/h6,8,12,14,18,20,29,31,35,37,47-48,51-54,57-59H,3-5,7,9-11,13,15-17,19,21-28,30,32-34,36,38-46H2,1-2H3,(H,60,61,62)/b8-6-,14-12-,20-18-,31-29-,37-35-. The van der Waals surface area contributed by atoms with Gasteiger partial charge in [0.25, 0.3) is 10.1 Å². The zero-order valence-electron chi connectivity index (χ0n) is 41.7. The molecule has 6 atom stereocenters. The van der Waals surface area contributed by atoms with Gasteiger partial charge in [0.15, 0.2) is 12.4 Å². The third kappa shape index (κ3) is 37.9. The van der Waals surface area contributed by atoms with Crippen molar-refractivity contribution in [3.8, 4) is 0 Å². The van der Waals surface area contributed by atoms with Gasteiger partial charge in [-0.3, -0.25) is 14.1 Å². The summed E-state index contributed by atoms with van der Waals surface area (Å²) in [7, 11) is -4.61. The monoisotopic (exact) mass is 967 g/mol. The van der Waals surface area contributed by atoms with E-state index in [-0.39, 0.29) is 19.4 Å². The van der Waals surface area contributed by atoms with Crippen LogP contribution in [-0.4, -0.2) is 96.0 Å². The number of esters is 2. The van der Waals surface area contributed by atoms with Gasteiger partial charge in [-0.2, -0.15) is 8.42 Å². The molecule has 6 unspecified atom stereocenters. The summed E-state index contributed by atoms with van der Waals surface area (Å²) in [6, 6.07) is 0. The minimum atomic E-state index is -4.61. The Bertz CT molecular complexity index is 1460. The topological polar surface area (TPSA) is 186 Å². The maximum absolute atomic E-state index is 12.8. The minimum absolute atomic E-state index is 0.0854. The van der Waals surface area contributed by atoms with Crippen molar-refractivity contribution in [2.75, 3.05) is 19.0 Å². The molecule has 0 aromatic heterocycles. The summed E-state index contributed by atoms with van der Waals surface area (Å²) >= 11 is 0. The zero-order chi connectivity index (χ0) is 49.1. The number of allylic oxidation sites excluding steroid dienone is 10. The molecule has 388 valence electrons. The second kappa shape index (κ2) is 43.4. The van der Waals surface area contributed by atoms with E-state index < -0.39 is 71.2 Å². The van der Waals surface area contributed by atoms with Crippen LogP contribution in [0.25, 0.3) is 0 Å². The van der Waals surface area contributed by atoms with Crippen LogP contribution in [0, 0.1) is 0 Å². The summed E-state index contributed by atoms with van der Waals surface area (Å²) in [5.74, 6) is -2.06. The average molecular weight is 967 g/mol. The zero-order valence-corrected chi connectivity index (χ0v) is 42.6. The van der Waals surface area contributed by atoms with E-state index in [9.17, 15) is 37.9 Å². The number of aliphatic hydroxyl groups excluding tert-OH is 3. The Morgan fingerprint density at radius 3 is 1.39 bits per heavy atom. The molecule has 1 aliphatic rings. The molecule has 0 aromatic carbocycles. The molecule has 1 fully saturated rings. The van der Waals surface area contributed by atoms with Crippen molar-refractivity contribution in [1.29, 1.82) is 0 Å². The fraction of sp³-hybridized carbons (Fsp3) is 0.778. The molecule has 12 nitrogen and oxygen atoms in total. The highest BCUT2D eigenvalue weighted by molar-refractivity contribution is 7.85. The van der Waals surface area contributed by atoms with Crippen LogP contribution < -0.4 is 0 Å². The average Bonchev–Trinajstić information content (AvgIpc) is 3.30. The molecule has 4 N–H and O–H groups in total. The van der Waals surface area contributed by atoms with E-state index in [0.29, 0.717) is 19.3 Å². The summed E-state index contributed by atoms with van der Waals surface area (Å²) < 4.78 is 54.2. The first-order valence-electron chi connectivity index (χ1n) is 26.3. The minimum Gasteiger partial charge on any atom is -0.462 e. The Hall–Kier alpha value is -2.65. The molecule has 0 saturated carbocycles. The van der Waals surface area contributed by atoms with E-state index in [0.717, 1.165) is 51.4 Å². The molecule has 0 aliphatic carbocycles. The summed E-state index contributed by atoms with van der Waals surface area (Å²) in [5, 5.41) is 31.0. The third-order valence-electron chi connectivity index (χ3n) is 11.9. The predicted octanol–water partition coefficient (Wildman–Crippen LogP) is 12.1. The van der Waals surface area contributed by atoms with Gasteiger partial charge >= 0.3 is 11.9 Å². The van der Waals surface area contributed by atoms with Crippen LogP contribution in [0.1, 0.15) is 213 Å². The van der Waals surface area contributed by atoms with Gasteiger partial charge in [0, 0.05) is 12.8 Å². The largest absolute Gasteiger partial charge is 0.462 e. The number of ether oxygens (including phenoxy) is 4. The number of hydrogen-bond donors (Lipinski definition) is 4. The number of hydrogen-bond acceptors (Lipinski definition) is 11. The van der Waals surface area contributed by atoms with Crippen LogP contribution in [0.5, 0.6) is 0 Å². The Kier molecular flexibility index (Phi) is 40.4. The van der Waals surface area contributed by atoms with E-state index in [2.05, 4.69) is 62.5 Å². The summed E-state index contributed by atoms with van der Waals surface area (Å²) in [6.45, 7) is 3.63. The van der Waals surface area contributed by atoms with Gasteiger partial charge in [-0.15, -0.1) is 0 Å². The van der Waals surface area contributed by atoms with Gasteiger partial charge < -0.3 is 34.3 Å². The number of rotatable bonds is 44. The van der Waals surface area contributed by atoms with Crippen molar-refractivity contribution >= 4 is 22.1 Å². The molecule has 67 heavy (non-hydrogen) atoms. The van der Waals surface area contributed by atoms with Crippen LogP contribution >= 0.6 is 0 Å². The molecule has 13 heteroatoms. The first-order valence-corrected chi connectivity index (χ1v) is 28.0. The number of carbonyl (C=O) groups excluding carboxylic acids is 2. The van der Waals surface area contributed by atoms with E-state index >= 15 is 0 Å². The van der Waals surface area contributed by atoms with E-state index in [1.54, 1.807) is 0 Å². The summed E-state index contributed by atoms with van der Waals surface area (Å²) in [6.07, 6.45) is 45.6. The van der Waals surface area contributed by atoms with Gasteiger partial charge in [0.2, 0.25) is 0 Å². The van der Waals surface area contributed by atoms with Gasteiger partial charge in [0.1, 0.15) is 36.8 Å². The van der Waals surface area contributed by atoms with E-state index in [1.807, 2.05) is 12.2 Å². The SMILES string of the molecule is CC/C=C\C/C=C\C/C=C\C/C=C\C/C=C\CCCC(=O)OC(COC(=O)CCCCCCCCCCCCCCCCCCCCCCCC)COC1OC(CS(=O)(=O)O)C(O)C(O)C1O. The maximum Gasteiger partial charge on any atom is 0.306 e. The predicted molar refractivity (Wildman–Crippen MR) is 270 cm³/mol. The van der Waals surface area contributed by atoms with Gasteiger partial charge in [-0.05, 0) is 51.4 Å². The number of aliphatic hydroxyl groups is 3. The quantitative estimate of drug-likeness (QED) is 0.0196. The molecular formula is C54H94O12S. The molecule has 0 aromatic rings. The normalized spacial score (nSPS) is 19.8. The molecule has 1 aliphatic heterocycles. The van der Waals surface area contributed by atoms with Crippen molar-refractivity contribution in [3.63, 3.8) is 0 Å². The van der Waals surface area contributed by atoms with Crippen LogP contribution in [0.15, 0.2) is 60.8 Å². The van der Waals surface area contributed by atoms with Crippen molar-refractivity contribution in [3.05, 3.63) is 60.8 Å². The highest BCUT2D eigenvalue weighted by Gasteiger charge is 2.46. The summed E-state index contributed by atoms with van der Waals surface area (Å²) in [4.78, 5) is 25.5. The first kappa shape index (κ1) is 62.4. The third-order valence-corrected chi connectivity index (χ3v) is 12.6. The molecule has 0 bridgehead atoms. The summed E-state index contributed by atoms with van der Waals surface area (Å²) in [5.41, 5.74) is 0. The molecule has 0 amide bonds. The lowest BCUT2D eigenvalue weighted by molar-refractivity contribution is -0.297. The second-order valence-electron chi connectivity index (χ2n) is 18.2. The highest BCUT2D eigenvalue weighted by atomic mass is 32.2. The Morgan fingerprint density at radius 2 is 0.940 bits per heavy atom. The fourth-order valence-corrected chi connectivity index (χ4v) is 8.52. The lowest BCUT2D eigenvalue weighted by atomic mass is 10.00. The fourth-order valence-electron chi connectivity index (χ4n) is 7.83. The highest BCUT2D eigenvalue weighted by Crippen LogP contribution is 2.24. The number of carbonyl (C=O) groups is 2. The molecule has 1 saturated heterocycles. The Morgan fingerprint density at radius 1 is 0.522 bits per heavy atom. The Balaban J connectivity index is 2.37. The molecule has 0 radical (unpaired) electrons. The molecular weight excluding hydrogens is 873 g/mol. The molecule has 1 heterocycles. The second-order valence-corrected chi connectivity index (χ2v) is 19.7. The smallest absolute Gasteiger partial charge is 0.306 e. The lowest BCUT2D eigenvalue weighted by Gasteiger charge is -2.40. The van der Waals surface area contributed by atoms with Crippen molar-refractivity contribution in [1.82, 2.24) is 0 Å². The van der Waals surface area contributed by atoms with Crippen molar-refractivity contribution < 1.29 is 56.8 Å². The number of unbranched alkanes of at least 4 members (excludes halogenated alkanes) is 22. The van der Waals surface area contributed by atoms with Gasteiger partial charge in [-0.25, -0.2) is 0 Å². The van der Waals surface area contributed by atoms with Gasteiger partial charge in [-0.1, -0.05) is 209 Å². The molecule has 0 spiro atoms. The Labute approximate surface area is 406 Å². The van der Waals surface area contributed by atoms with Crippen LogP contribution in [0.3, 0.4) is 0 Å². The van der Waals surface area contributed by atoms with Crippen LogP contribution in [0.2, 0.25) is 0 Å². The van der Waals surface area contributed by atoms with Crippen molar-refractivity contribution in [2.24, 2.45) is 0 Å². The van der Waals surface area contributed by atoms with Crippen LogP contribution in [-0.2, 0) is 38.7 Å². The first-order chi connectivity index (χ1) is 32.5.